The number of hydrogen-bond donors (Lipinski definition) is 2. The van der Waals surface area contributed by atoms with Crippen LogP contribution >= 0.6 is 0 Å². The maximum absolute atomic E-state index is 11.8. The Kier molecular flexibility index (Phi) is 12.5. The Hall–Kier alpha value is -2.28. The number of rotatable bonds is 13. The highest BCUT2D eigenvalue weighted by atomic mass is 16.5. The zero-order valence-electron chi connectivity index (χ0n) is 17.8. The lowest BCUT2D eigenvalue weighted by atomic mass is 10.1. The molecule has 7 nitrogen and oxygen atoms in total. The zero-order valence-corrected chi connectivity index (χ0v) is 17.8. The van der Waals surface area contributed by atoms with Gasteiger partial charge in [-0.1, -0.05) is 25.5 Å². The number of benzene rings is 1. The lowest BCUT2D eigenvalue weighted by Crippen LogP contribution is -2.40. The highest BCUT2D eigenvalue weighted by Gasteiger charge is 2.04. The summed E-state index contributed by atoms with van der Waals surface area (Å²) < 4.78 is 10.8. The molecule has 0 fully saturated rings. The van der Waals surface area contributed by atoms with Gasteiger partial charge in [0.1, 0.15) is 12.3 Å². The molecule has 0 saturated carbocycles. The van der Waals surface area contributed by atoms with Gasteiger partial charge in [-0.25, -0.2) is 4.99 Å². The second-order valence-corrected chi connectivity index (χ2v) is 6.72. The first kappa shape index (κ1) is 23.8. The van der Waals surface area contributed by atoms with Gasteiger partial charge < -0.3 is 25.0 Å². The quantitative estimate of drug-likeness (QED) is 0.305. The molecule has 0 aliphatic heterocycles. The van der Waals surface area contributed by atoms with E-state index < -0.39 is 0 Å². The van der Waals surface area contributed by atoms with E-state index >= 15 is 0 Å². The number of aliphatic imine (C=N–C) groups is 1. The van der Waals surface area contributed by atoms with Crippen molar-refractivity contribution in [2.24, 2.45) is 4.99 Å². The number of carbonyl (C=O) groups excluding carboxylic acids is 1. The van der Waals surface area contributed by atoms with Crippen molar-refractivity contribution in [3.05, 3.63) is 29.8 Å². The van der Waals surface area contributed by atoms with Crippen molar-refractivity contribution in [3.63, 3.8) is 0 Å². The highest BCUT2D eigenvalue weighted by Crippen LogP contribution is 2.11. The lowest BCUT2D eigenvalue weighted by molar-refractivity contribution is -0.127. The van der Waals surface area contributed by atoms with Gasteiger partial charge >= 0.3 is 0 Å². The van der Waals surface area contributed by atoms with Crippen molar-refractivity contribution in [2.45, 2.75) is 32.6 Å². The molecule has 0 aliphatic rings. The predicted molar refractivity (Wildman–Crippen MR) is 114 cm³/mol. The monoisotopic (exact) mass is 392 g/mol. The second kappa shape index (κ2) is 14.7. The minimum Gasteiger partial charge on any atom is -0.497 e. The summed E-state index contributed by atoms with van der Waals surface area (Å²) in [7, 11) is 5.13. The largest absolute Gasteiger partial charge is 0.497 e. The predicted octanol–water partition coefficient (Wildman–Crippen LogP) is 2.07. The van der Waals surface area contributed by atoms with Crippen LogP contribution in [0.2, 0.25) is 0 Å². The molecule has 0 radical (unpaired) electrons. The summed E-state index contributed by atoms with van der Waals surface area (Å²) in [6, 6.07) is 8.01. The minimum atomic E-state index is -0.0286. The maximum Gasteiger partial charge on any atom is 0.243 e. The first-order valence-corrected chi connectivity index (χ1v) is 9.99. The van der Waals surface area contributed by atoms with Crippen LogP contribution in [-0.4, -0.2) is 70.8 Å². The summed E-state index contributed by atoms with van der Waals surface area (Å²) in [5.74, 6) is 1.47. The van der Waals surface area contributed by atoms with Gasteiger partial charge in [-0.2, -0.15) is 0 Å². The second-order valence-electron chi connectivity index (χ2n) is 6.72. The van der Waals surface area contributed by atoms with Crippen LogP contribution in [0.5, 0.6) is 5.75 Å². The molecular formula is C21H36N4O3. The van der Waals surface area contributed by atoms with Gasteiger partial charge in [-0.3, -0.25) is 4.79 Å². The van der Waals surface area contributed by atoms with Gasteiger partial charge in [0, 0.05) is 40.4 Å². The van der Waals surface area contributed by atoms with E-state index in [1.54, 1.807) is 26.1 Å². The molecule has 28 heavy (non-hydrogen) atoms. The molecule has 1 aromatic rings. The fourth-order valence-electron chi connectivity index (χ4n) is 2.31. The average Bonchev–Trinajstić information content (AvgIpc) is 2.70. The number of carbonyl (C=O) groups is 1. The molecule has 158 valence electrons. The van der Waals surface area contributed by atoms with E-state index in [1.807, 2.05) is 24.3 Å². The van der Waals surface area contributed by atoms with E-state index in [-0.39, 0.29) is 12.5 Å². The molecule has 0 aromatic heterocycles. The number of likely N-dealkylation sites (N-methyl/N-ethyl adjacent to an activating group) is 1. The Labute approximate surface area is 169 Å². The summed E-state index contributed by atoms with van der Waals surface area (Å²) in [5, 5.41) is 6.58. The molecule has 0 saturated heterocycles. The summed E-state index contributed by atoms with van der Waals surface area (Å²) >= 11 is 0. The van der Waals surface area contributed by atoms with E-state index in [2.05, 4.69) is 22.5 Å². The van der Waals surface area contributed by atoms with Crippen molar-refractivity contribution in [1.29, 1.82) is 0 Å². The number of unbranched alkanes of at least 4 members (excludes halogenated alkanes) is 1. The highest BCUT2D eigenvalue weighted by molar-refractivity contribution is 5.84. The molecule has 0 unspecified atom stereocenters. The summed E-state index contributed by atoms with van der Waals surface area (Å²) in [6.45, 7) is 5.29. The van der Waals surface area contributed by atoms with Gasteiger partial charge in [0.15, 0.2) is 5.96 Å². The van der Waals surface area contributed by atoms with Gasteiger partial charge in [-0.15, -0.1) is 0 Å². The number of methoxy groups -OCH3 is 1. The van der Waals surface area contributed by atoms with E-state index in [4.69, 9.17) is 9.47 Å². The van der Waals surface area contributed by atoms with Crippen molar-refractivity contribution < 1.29 is 14.3 Å². The molecule has 0 aliphatic carbocycles. The smallest absolute Gasteiger partial charge is 0.243 e. The zero-order chi connectivity index (χ0) is 20.6. The minimum absolute atomic E-state index is 0.0286. The summed E-state index contributed by atoms with van der Waals surface area (Å²) in [5.41, 5.74) is 1.21. The third-order valence-electron chi connectivity index (χ3n) is 4.14. The van der Waals surface area contributed by atoms with Gasteiger partial charge in [0.25, 0.3) is 0 Å². The average molecular weight is 393 g/mol. The molecule has 2 N–H and O–H groups in total. The number of amides is 1. The summed E-state index contributed by atoms with van der Waals surface area (Å²) in [4.78, 5) is 17.7. The fourth-order valence-corrected chi connectivity index (χ4v) is 2.31. The van der Waals surface area contributed by atoms with E-state index in [1.165, 1.54) is 5.56 Å². The SMILES string of the molecule is CCCCOCCCNC(=NCC(=O)N(C)C)NCCc1ccc(OC)cc1. The van der Waals surface area contributed by atoms with E-state index in [0.717, 1.165) is 57.7 Å². The van der Waals surface area contributed by atoms with Crippen LogP contribution in [-0.2, 0) is 16.0 Å². The number of hydrogen-bond acceptors (Lipinski definition) is 4. The Morgan fingerprint density at radius 2 is 1.75 bits per heavy atom. The van der Waals surface area contributed by atoms with E-state index in [0.29, 0.717) is 5.96 Å². The van der Waals surface area contributed by atoms with Crippen LogP contribution in [0.3, 0.4) is 0 Å². The van der Waals surface area contributed by atoms with Crippen molar-refractivity contribution in [1.82, 2.24) is 15.5 Å². The Morgan fingerprint density at radius 1 is 1.07 bits per heavy atom. The first-order valence-electron chi connectivity index (χ1n) is 9.99. The number of ether oxygens (including phenoxy) is 2. The van der Waals surface area contributed by atoms with E-state index in [9.17, 15) is 4.79 Å². The number of guanidine groups is 1. The molecule has 1 amide bonds. The number of nitrogens with zero attached hydrogens (tertiary/aromatic N) is 2. The topological polar surface area (TPSA) is 75.2 Å². The summed E-state index contributed by atoms with van der Waals surface area (Å²) in [6.07, 6.45) is 3.99. The Balaban J connectivity index is 2.42. The lowest BCUT2D eigenvalue weighted by Gasteiger charge is -2.14. The van der Waals surface area contributed by atoms with Crippen LogP contribution < -0.4 is 15.4 Å². The third-order valence-corrected chi connectivity index (χ3v) is 4.14. The van der Waals surface area contributed by atoms with Crippen LogP contribution in [0.1, 0.15) is 31.7 Å². The molecule has 7 heteroatoms. The van der Waals surface area contributed by atoms with Crippen molar-refractivity contribution >= 4 is 11.9 Å². The van der Waals surface area contributed by atoms with Gasteiger partial charge in [-0.05, 0) is 37.0 Å². The molecule has 0 atom stereocenters. The normalized spacial score (nSPS) is 11.2. The molecular weight excluding hydrogens is 356 g/mol. The van der Waals surface area contributed by atoms with Crippen LogP contribution in [0, 0.1) is 0 Å². The molecule has 0 heterocycles. The first-order chi connectivity index (χ1) is 13.6. The molecule has 0 bridgehead atoms. The van der Waals surface area contributed by atoms with Crippen LogP contribution in [0.25, 0.3) is 0 Å². The number of nitrogens with one attached hydrogen (secondary N) is 2. The van der Waals surface area contributed by atoms with Crippen molar-refractivity contribution in [3.8, 4) is 5.75 Å². The van der Waals surface area contributed by atoms with Gasteiger partial charge in [0.2, 0.25) is 5.91 Å². The standard InChI is InChI=1S/C21H36N4O3/c1-5-6-15-28-16-7-13-22-21(24-17-20(26)25(2)3)23-14-12-18-8-10-19(27-4)11-9-18/h8-11H,5-7,12-17H2,1-4H3,(H2,22,23,24). The van der Waals surface area contributed by atoms with Crippen molar-refractivity contribution in [2.75, 3.05) is 54.1 Å². The van der Waals surface area contributed by atoms with Gasteiger partial charge in [0.05, 0.1) is 7.11 Å². The van der Waals surface area contributed by atoms with Crippen LogP contribution in [0.4, 0.5) is 0 Å². The van der Waals surface area contributed by atoms with Crippen LogP contribution in [0.15, 0.2) is 29.3 Å². The third kappa shape index (κ3) is 10.8. The Bertz CT molecular complexity index is 574. The molecule has 0 spiro atoms. The maximum atomic E-state index is 11.8. The fraction of sp³-hybridized carbons (Fsp3) is 0.619. The molecule has 1 rings (SSSR count). The Morgan fingerprint density at radius 3 is 2.39 bits per heavy atom. The molecule has 1 aromatic carbocycles.